The lowest BCUT2D eigenvalue weighted by atomic mass is 9.96. The standard InChI is InChI=1S/C31H28N2O4S2/c1-4-36-30(35)27-20(2)32-31-33(28(27)23-12-16-25(38-3)17-13-23)29(34)26(39-31)18-21-10-14-24(15-11-21)37-19-22-8-6-5-7-9-22/h5-18,28H,4,19H2,1-3H3/t28-/m1/s1. The molecule has 8 heteroatoms. The Balaban J connectivity index is 1.51. The molecule has 4 aromatic rings. The fraction of sp³-hybridized carbons (Fsp3) is 0.194. The Bertz CT molecular complexity index is 1690. The number of nitrogens with zero attached hydrogens (tertiary/aromatic N) is 2. The van der Waals surface area contributed by atoms with Crippen molar-refractivity contribution in [1.82, 2.24) is 4.57 Å². The molecule has 0 N–H and O–H groups in total. The van der Waals surface area contributed by atoms with Crippen molar-refractivity contribution in [2.45, 2.75) is 31.4 Å². The molecule has 0 aliphatic carbocycles. The number of hydrogen-bond donors (Lipinski definition) is 0. The number of benzene rings is 3. The number of carbonyl (C=O) groups excluding carboxylic acids is 1. The maximum Gasteiger partial charge on any atom is 0.338 e. The van der Waals surface area contributed by atoms with E-state index >= 15 is 0 Å². The maximum absolute atomic E-state index is 13.8. The van der Waals surface area contributed by atoms with Crippen molar-refractivity contribution in [3.8, 4) is 5.75 Å². The molecule has 6 nitrogen and oxygen atoms in total. The van der Waals surface area contributed by atoms with Crippen molar-refractivity contribution in [3.05, 3.63) is 127 Å². The minimum absolute atomic E-state index is 0.198. The van der Waals surface area contributed by atoms with Crippen LogP contribution in [0.3, 0.4) is 0 Å². The first-order chi connectivity index (χ1) is 19.0. The van der Waals surface area contributed by atoms with Gasteiger partial charge in [0.25, 0.3) is 5.56 Å². The first-order valence-electron chi connectivity index (χ1n) is 12.6. The molecule has 198 valence electrons. The summed E-state index contributed by atoms with van der Waals surface area (Å²) < 4.78 is 13.4. The summed E-state index contributed by atoms with van der Waals surface area (Å²) in [6.45, 7) is 4.28. The Hall–Kier alpha value is -3.88. The van der Waals surface area contributed by atoms with E-state index < -0.39 is 12.0 Å². The van der Waals surface area contributed by atoms with E-state index in [0.29, 0.717) is 27.2 Å². The molecular weight excluding hydrogens is 528 g/mol. The van der Waals surface area contributed by atoms with Gasteiger partial charge in [-0.1, -0.05) is 65.9 Å². The van der Waals surface area contributed by atoms with E-state index in [2.05, 4.69) is 4.99 Å². The zero-order chi connectivity index (χ0) is 27.4. The Kier molecular flexibility index (Phi) is 8.14. The number of hydrogen-bond acceptors (Lipinski definition) is 7. The highest BCUT2D eigenvalue weighted by Crippen LogP contribution is 2.31. The largest absolute Gasteiger partial charge is 0.489 e. The summed E-state index contributed by atoms with van der Waals surface area (Å²) in [4.78, 5) is 33.1. The number of esters is 1. The Morgan fingerprint density at radius 2 is 1.77 bits per heavy atom. The smallest absolute Gasteiger partial charge is 0.338 e. The molecule has 5 rings (SSSR count). The summed E-state index contributed by atoms with van der Waals surface area (Å²) in [5.41, 5.74) is 3.54. The van der Waals surface area contributed by atoms with Gasteiger partial charge in [-0.15, -0.1) is 11.8 Å². The van der Waals surface area contributed by atoms with Crippen molar-refractivity contribution in [3.63, 3.8) is 0 Å². The molecule has 0 fully saturated rings. The van der Waals surface area contributed by atoms with Crippen LogP contribution in [0, 0.1) is 0 Å². The molecule has 3 aromatic carbocycles. The van der Waals surface area contributed by atoms with Crippen LogP contribution in [0.1, 0.15) is 36.6 Å². The highest BCUT2D eigenvalue weighted by atomic mass is 32.2. The summed E-state index contributed by atoms with van der Waals surface area (Å²) in [6.07, 6.45) is 3.86. The fourth-order valence-electron chi connectivity index (χ4n) is 4.45. The van der Waals surface area contributed by atoms with Gasteiger partial charge in [0.05, 0.1) is 28.5 Å². The second-order valence-electron chi connectivity index (χ2n) is 8.92. The zero-order valence-electron chi connectivity index (χ0n) is 21.9. The van der Waals surface area contributed by atoms with Gasteiger partial charge in [0, 0.05) is 4.90 Å². The third kappa shape index (κ3) is 5.77. The molecule has 0 amide bonds. The van der Waals surface area contributed by atoms with Crippen LogP contribution in [0.15, 0.2) is 105 Å². The molecule has 1 aliphatic heterocycles. The number of thiazole rings is 1. The molecule has 1 aromatic heterocycles. The van der Waals surface area contributed by atoms with Crippen molar-refractivity contribution in [2.24, 2.45) is 4.99 Å². The van der Waals surface area contributed by atoms with E-state index in [1.165, 1.54) is 11.3 Å². The summed E-state index contributed by atoms with van der Waals surface area (Å²) >= 11 is 2.95. The van der Waals surface area contributed by atoms with Crippen LogP contribution in [0.5, 0.6) is 5.75 Å². The van der Waals surface area contributed by atoms with Crippen molar-refractivity contribution in [2.75, 3.05) is 12.9 Å². The van der Waals surface area contributed by atoms with Crippen molar-refractivity contribution in [1.29, 1.82) is 0 Å². The van der Waals surface area contributed by atoms with E-state index in [4.69, 9.17) is 9.47 Å². The second-order valence-corrected chi connectivity index (χ2v) is 10.8. The van der Waals surface area contributed by atoms with Crippen LogP contribution in [-0.4, -0.2) is 23.4 Å². The van der Waals surface area contributed by atoms with Crippen molar-refractivity contribution < 1.29 is 14.3 Å². The summed E-state index contributed by atoms with van der Waals surface area (Å²) in [5, 5.41) is 0. The van der Waals surface area contributed by atoms with Gasteiger partial charge < -0.3 is 9.47 Å². The topological polar surface area (TPSA) is 69.9 Å². The summed E-state index contributed by atoms with van der Waals surface area (Å²) in [7, 11) is 0. The van der Waals surface area contributed by atoms with E-state index in [0.717, 1.165) is 27.3 Å². The molecule has 0 radical (unpaired) electrons. The number of allylic oxidation sites excluding steroid dienone is 1. The molecule has 0 bridgehead atoms. The number of aromatic nitrogens is 1. The van der Waals surface area contributed by atoms with Crippen LogP contribution < -0.4 is 19.6 Å². The first kappa shape index (κ1) is 26.7. The Morgan fingerprint density at radius 1 is 1.05 bits per heavy atom. The molecule has 0 spiro atoms. The van der Waals surface area contributed by atoms with Gasteiger partial charge in [0.15, 0.2) is 4.80 Å². The highest BCUT2D eigenvalue weighted by Gasteiger charge is 2.33. The number of carbonyl (C=O) groups is 1. The number of thioether (sulfide) groups is 1. The van der Waals surface area contributed by atoms with E-state index in [1.807, 2.05) is 91.2 Å². The molecule has 39 heavy (non-hydrogen) atoms. The van der Waals surface area contributed by atoms with Gasteiger partial charge in [-0.05, 0) is 67.1 Å². The molecule has 0 unspecified atom stereocenters. The third-order valence-electron chi connectivity index (χ3n) is 6.37. The first-order valence-corrected chi connectivity index (χ1v) is 14.6. The van der Waals surface area contributed by atoms with Crippen LogP contribution in [0.4, 0.5) is 0 Å². The van der Waals surface area contributed by atoms with Gasteiger partial charge in [-0.3, -0.25) is 9.36 Å². The monoisotopic (exact) mass is 556 g/mol. The number of fused-ring (bicyclic) bond motifs is 1. The van der Waals surface area contributed by atoms with Crippen LogP contribution in [-0.2, 0) is 16.1 Å². The minimum atomic E-state index is -0.618. The predicted octanol–water partition coefficient (Wildman–Crippen LogP) is 5.10. The van der Waals surface area contributed by atoms with Crippen LogP contribution >= 0.6 is 23.1 Å². The summed E-state index contributed by atoms with van der Waals surface area (Å²) in [5.74, 6) is 0.291. The molecule has 1 aliphatic rings. The summed E-state index contributed by atoms with van der Waals surface area (Å²) in [6, 6.07) is 24.9. The molecule has 2 heterocycles. The van der Waals surface area contributed by atoms with E-state index in [9.17, 15) is 9.59 Å². The average Bonchev–Trinajstić information content (AvgIpc) is 3.26. The quantitative estimate of drug-likeness (QED) is 0.223. The van der Waals surface area contributed by atoms with Gasteiger partial charge in [0.1, 0.15) is 12.4 Å². The van der Waals surface area contributed by atoms with Crippen molar-refractivity contribution >= 4 is 35.1 Å². The number of ether oxygens (including phenoxy) is 2. The molecule has 0 saturated carbocycles. The maximum atomic E-state index is 13.8. The lowest BCUT2D eigenvalue weighted by molar-refractivity contribution is -0.139. The SMILES string of the molecule is CCOC(=O)C1=C(C)N=c2sc(=Cc3ccc(OCc4ccccc4)cc3)c(=O)n2[C@@H]1c1ccc(SC)cc1. The Labute approximate surface area is 235 Å². The fourth-order valence-corrected chi connectivity index (χ4v) is 5.90. The second kappa shape index (κ2) is 11.9. The van der Waals surface area contributed by atoms with E-state index in [-0.39, 0.29) is 12.2 Å². The molecule has 1 atom stereocenters. The zero-order valence-corrected chi connectivity index (χ0v) is 23.6. The average molecular weight is 557 g/mol. The van der Waals surface area contributed by atoms with Gasteiger partial charge in [0.2, 0.25) is 0 Å². The highest BCUT2D eigenvalue weighted by molar-refractivity contribution is 7.98. The molecular formula is C31H28N2O4S2. The van der Waals surface area contributed by atoms with Crippen LogP contribution in [0.2, 0.25) is 0 Å². The van der Waals surface area contributed by atoms with Gasteiger partial charge in [-0.2, -0.15) is 0 Å². The van der Waals surface area contributed by atoms with Crippen LogP contribution in [0.25, 0.3) is 6.08 Å². The third-order valence-corrected chi connectivity index (χ3v) is 8.10. The predicted molar refractivity (Wildman–Crippen MR) is 156 cm³/mol. The van der Waals surface area contributed by atoms with Gasteiger partial charge in [-0.25, -0.2) is 9.79 Å². The lowest BCUT2D eigenvalue weighted by Gasteiger charge is -2.24. The molecule has 0 saturated heterocycles. The van der Waals surface area contributed by atoms with Gasteiger partial charge >= 0.3 is 5.97 Å². The minimum Gasteiger partial charge on any atom is -0.489 e. The Morgan fingerprint density at radius 3 is 2.44 bits per heavy atom. The normalized spacial score (nSPS) is 15.1. The number of rotatable bonds is 8. The lowest BCUT2D eigenvalue weighted by Crippen LogP contribution is -2.39. The van der Waals surface area contributed by atoms with E-state index in [1.54, 1.807) is 30.2 Å².